The maximum atomic E-state index is 13.5. The van der Waals surface area contributed by atoms with Crippen molar-refractivity contribution in [2.75, 3.05) is 19.8 Å². The molecule has 0 spiro atoms. The fraction of sp³-hybridized carbons (Fsp3) is 0.767. The summed E-state index contributed by atoms with van der Waals surface area (Å²) in [5, 5.41) is 1.17. The molecule has 2 atom stereocenters. The van der Waals surface area contributed by atoms with Crippen LogP contribution in [0.1, 0.15) is 84.1 Å². The maximum absolute atomic E-state index is 13.5. The van der Waals surface area contributed by atoms with Crippen molar-refractivity contribution in [3.63, 3.8) is 0 Å². The van der Waals surface area contributed by atoms with E-state index in [9.17, 15) is 8.42 Å². The third-order valence-electron chi connectivity index (χ3n) is 9.15. The Morgan fingerprint density at radius 2 is 1.83 bits per heavy atom. The lowest BCUT2D eigenvalue weighted by Gasteiger charge is -2.36. The van der Waals surface area contributed by atoms with E-state index in [1.807, 2.05) is 6.20 Å². The van der Waals surface area contributed by atoms with Crippen molar-refractivity contribution in [1.29, 1.82) is 0 Å². The second kappa shape index (κ2) is 14.6. The highest BCUT2D eigenvalue weighted by atomic mass is 35.5. The summed E-state index contributed by atoms with van der Waals surface area (Å²) < 4.78 is 50.4. The van der Waals surface area contributed by atoms with Gasteiger partial charge in [0.2, 0.25) is 10.0 Å². The maximum Gasteiger partial charge on any atom is 0.214 e. The van der Waals surface area contributed by atoms with E-state index in [0.29, 0.717) is 55.7 Å². The molecule has 8 nitrogen and oxygen atoms in total. The van der Waals surface area contributed by atoms with Gasteiger partial charge in [-0.3, -0.25) is 0 Å². The molecule has 1 N–H and O–H groups in total. The summed E-state index contributed by atoms with van der Waals surface area (Å²) in [5.41, 5.74) is 1.82. The molecule has 2 aromatic heterocycles. The predicted octanol–water partition coefficient (Wildman–Crippen LogP) is 7.46. The average molecular weight is 663 g/mol. The van der Waals surface area contributed by atoms with Crippen LogP contribution < -0.4 is 4.72 Å². The van der Waals surface area contributed by atoms with Crippen molar-refractivity contribution in [2.24, 2.45) is 0 Å². The molecule has 1 saturated heterocycles. The number of nitrogens with zero attached hydrogens (tertiary/aromatic N) is 2. The van der Waals surface area contributed by atoms with Crippen molar-refractivity contribution in [3.8, 4) is 0 Å². The van der Waals surface area contributed by atoms with Gasteiger partial charge in [0.25, 0.3) is 0 Å². The Hall–Kier alpha value is -0.723. The largest absolute Gasteiger partial charge is 0.417 e. The molecule has 2 fully saturated rings. The molecule has 1 saturated carbocycles. The Morgan fingerprint density at radius 3 is 2.50 bits per heavy atom. The number of aromatic nitrogens is 2. The molecular weight excluding hydrogens is 613 g/mol. The molecule has 1 unspecified atom stereocenters. The standard InChI is InChI=1S/C30H49Cl2N3O5SSi/c1-30(2,3)42(4,5)40-18-15-23(34-41(36,37)24-11-7-6-8-12-24)21-35-20-22(14-17-39-27-13-9-10-16-38-27)28-25(35)19-26(31)33-29(28)32/h19-20,23-24,27,34H,6-18,21H2,1-5H3/t23-,27?/m1/s1. The average Bonchev–Trinajstić information content (AvgIpc) is 3.25. The van der Waals surface area contributed by atoms with Crippen LogP contribution in [0.5, 0.6) is 0 Å². The van der Waals surface area contributed by atoms with Gasteiger partial charge in [0, 0.05) is 37.4 Å². The van der Waals surface area contributed by atoms with Crippen LogP contribution in [0.2, 0.25) is 28.4 Å². The summed E-state index contributed by atoms with van der Waals surface area (Å²) in [7, 11) is -5.48. The minimum atomic E-state index is -3.49. The molecule has 0 bridgehead atoms. The van der Waals surface area contributed by atoms with Crippen LogP contribution in [-0.4, -0.2) is 63.7 Å². The molecule has 42 heavy (non-hydrogen) atoms. The summed E-state index contributed by atoms with van der Waals surface area (Å²) in [5.74, 6) is 0. The number of ether oxygens (including phenoxy) is 2. The van der Waals surface area contributed by atoms with Crippen LogP contribution in [0.15, 0.2) is 12.3 Å². The van der Waals surface area contributed by atoms with Gasteiger partial charge in [-0.2, -0.15) is 0 Å². The molecule has 0 radical (unpaired) electrons. The summed E-state index contributed by atoms with van der Waals surface area (Å²) in [6.07, 6.45) is 10.5. The van der Waals surface area contributed by atoms with Crippen LogP contribution in [0.25, 0.3) is 10.9 Å². The SMILES string of the molecule is CC(C)(C)[Si](C)(C)OCC[C@H](Cn1cc(CCOC2CCCCO2)c2c(Cl)nc(Cl)cc21)NS(=O)(=O)C1CCCCC1. The van der Waals surface area contributed by atoms with Gasteiger partial charge in [0.15, 0.2) is 14.6 Å². The number of sulfonamides is 1. The second-order valence-corrected chi connectivity index (χ2v) is 20.9. The van der Waals surface area contributed by atoms with E-state index < -0.39 is 18.3 Å². The lowest BCUT2D eigenvalue weighted by atomic mass is 10.0. The minimum Gasteiger partial charge on any atom is -0.417 e. The molecule has 2 aliphatic rings. The molecule has 0 aromatic carbocycles. The number of nitrogens with one attached hydrogen (secondary N) is 1. The monoisotopic (exact) mass is 661 g/mol. The van der Waals surface area contributed by atoms with Crippen molar-refractivity contribution in [3.05, 3.63) is 28.1 Å². The minimum absolute atomic E-state index is 0.0703. The molecule has 3 heterocycles. The van der Waals surface area contributed by atoms with Crippen LogP contribution >= 0.6 is 23.2 Å². The number of pyridine rings is 1. The van der Waals surface area contributed by atoms with Crippen molar-refractivity contribution >= 4 is 52.4 Å². The number of fused-ring (bicyclic) bond motifs is 1. The lowest BCUT2D eigenvalue weighted by Crippen LogP contribution is -2.45. The Labute approximate surface area is 263 Å². The molecule has 4 rings (SSSR count). The van der Waals surface area contributed by atoms with Crippen LogP contribution in [-0.2, 0) is 36.9 Å². The first-order chi connectivity index (χ1) is 19.8. The van der Waals surface area contributed by atoms with Gasteiger partial charge in [-0.25, -0.2) is 18.1 Å². The van der Waals surface area contributed by atoms with Crippen molar-refractivity contribution in [2.45, 2.75) is 127 Å². The van der Waals surface area contributed by atoms with Crippen LogP contribution in [0, 0.1) is 0 Å². The Kier molecular flexibility index (Phi) is 11.9. The predicted molar refractivity (Wildman–Crippen MR) is 173 cm³/mol. The Bertz CT molecular complexity index is 1290. The number of halogens is 2. The number of rotatable bonds is 13. The van der Waals surface area contributed by atoms with E-state index in [2.05, 4.69) is 48.1 Å². The summed E-state index contributed by atoms with van der Waals surface area (Å²) in [6.45, 7) is 13.2. The zero-order chi connectivity index (χ0) is 30.5. The highest BCUT2D eigenvalue weighted by Crippen LogP contribution is 2.37. The third kappa shape index (κ3) is 8.93. The van der Waals surface area contributed by atoms with E-state index >= 15 is 0 Å². The van der Waals surface area contributed by atoms with Crippen molar-refractivity contribution < 1.29 is 22.3 Å². The van der Waals surface area contributed by atoms with E-state index in [4.69, 9.17) is 37.1 Å². The summed E-state index contributed by atoms with van der Waals surface area (Å²) >= 11 is 13.0. The molecule has 2 aromatic rings. The quantitative estimate of drug-likeness (QED) is 0.177. The van der Waals surface area contributed by atoms with E-state index in [1.54, 1.807) is 6.07 Å². The number of hydrogen-bond donors (Lipinski definition) is 1. The van der Waals surface area contributed by atoms with Gasteiger partial charge < -0.3 is 18.5 Å². The van der Waals surface area contributed by atoms with E-state index in [1.165, 1.54) is 0 Å². The second-order valence-electron chi connectivity index (χ2n) is 13.4. The molecule has 238 valence electrons. The first kappa shape index (κ1) is 34.2. The highest BCUT2D eigenvalue weighted by molar-refractivity contribution is 7.90. The van der Waals surface area contributed by atoms with Gasteiger partial charge >= 0.3 is 0 Å². The fourth-order valence-corrected chi connectivity index (χ4v) is 9.01. The van der Waals surface area contributed by atoms with E-state index in [0.717, 1.165) is 61.6 Å². The van der Waals surface area contributed by atoms with Gasteiger partial charge in [0.1, 0.15) is 10.3 Å². The normalized spacial score (nSPS) is 20.3. The Balaban J connectivity index is 1.56. The smallest absolute Gasteiger partial charge is 0.214 e. The first-order valence-corrected chi connectivity index (χ1v) is 20.7. The Morgan fingerprint density at radius 1 is 1.12 bits per heavy atom. The summed E-state index contributed by atoms with van der Waals surface area (Å²) in [4.78, 5) is 4.30. The molecule has 1 aliphatic carbocycles. The van der Waals surface area contributed by atoms with Gasteiger partial charge in [-0.05, 0) is 74.7 Å². The van der Waals surface area contributed by atoms with E-state index in [-0.39, 0.29) is 22.6 Å². The third-order valence-corrected chi connectivity index (χ3v) is 16.2. The first-order valence-electron chi connectivity index (χ1n) is 15.5. The molecule has 0 amide bonds. The fourth-order valence-electron chi connectivity index (χ4n) is 5.60. The zero-order valence-electron chi connectivity index (χ0n) is 25.9. The van der Waals surface area contributed by atoms with Gasteiger partial charge in [-0.15, -0.1) is 0 Å². The van der Waals surface area contributed by atoms with Gasteiger partial charge in [0.05, 0.1) is 17.4 Å². The zero-order valence-corrected chi connectivity index (χ0v) is 29.2. The molecule has 12 heteroatoms. The van der Waals surface area contributed by atoms with Crippen molar-refractivity contribution in [1.82, 2.24) is 14.3 Å². The summed E-state index contributed by atoms with van der Waals surface area (Å²) in [6, 6.07) is 1.44. The number of hydrogen-bond acceptors (Lipinski definition) is 6. The lowest BCUT2D eigenvalue weighted by molar-refractivity contribution is -0.161. The topological polar surface area (TPSA) is 91.7 Å². The van der Waals surface area contributed by atoms with Crippen LogP contribution in [0.4, 0.5) is 0 Å². The highest BCUT2D eigenvalue weighted by Gasteiger charge is 2.37. The van der Waals surface area contributed by atoms with Gasteiger partial charge in [-0.1, -0.05) is 63.2 Å². The van der Waals surface area contributed by atoms with Crippen LogP contribution in [0.3, 0.4) is 0 Å². The molecular formula is C30H49Cl2N3O5SSi. The molecule has 1 aliphatic heterocycles.